The Morgan fingerprint density at radius 2 is 1.85 bits per heavy atom. The van der Waals surface area contributed by atoms with Gasteiger partial charge in [0.2, 0.25) is 15.9 Å². The van der Waals surface area contributed by atoms with E-state index in [1.54, 1.807) is 0 Å². The Bertz CT molecular complexity index is 649. The van der Waals surface area contributed by atoms with Crippen LogP contribution < -0.4 is 10.2 Å². The second-order valence-electron chi connectivity index (χ2n) is 5.22. The molecule has 6 nitrogen and oxygen atoms in total. The Hall–Kier alpha value is -1.60. The maximum absolute atomic E-state index is 11.5. The number of hydrogen-bond donors (Lipinski definition) is 1. The van der Waals surface area contributed by atoms with Gasteiger partial charge in [-0.05, 0) is 23.8 Å². The van der Waals surface area contributed by atoms with Crippen LogP contribution in [0, 0.1) is 0 Å². The molecular formula is C13H17N3O3S. The fourth-order valence-electron chi connectivity index (χ4n) is 2.69. The van der Waals surface area contributed by atoms with Crippen LogP contribution >= 0.6 is 0 Å². The summed E-state index contributed by atoms with van der Waals surface area (Å²) in [4.78, 5) is 13.5. The average Bonchev–Trinajstić information content (AvgIpc) is 2.77. The number of amides is 1. The number of anilines is 2. The van der Waals surface area contributed by atoms with E-state index in [0.29, 0.717) is 32.6 Å². The van der Waals surface area contributed by atoms with Crippen LogP contribution in [0.5, 0.6) is 0 Å². The lowest BCUT2D eigenvalue weighted by Crippen LogP contribution is -2.48. The highest BCUT2D eigenvalue weighted by Gasteiger charge is 2.24. The number of nitrogens with zero attached hydrogens (tertiary/aromatic N) is 2. The number of benzene rings is 1. The molecule has 7 heteroatoms. The minimum absolute atomic E-state index is 0.0269. The number of carbonyl (C=O) groups is 1. The van der Waals surface area contributed by atoms with Crippen LogP contribution in [0.15, 0.2) is 18.2 Å². The lowest BCUT2D eigenvalue weighted by Gasteiger charge is -2.34. The summed E-state index contributed by atoms with van der Waals surface area (Å²) >= 11 is 0. The van der Waals surface area contributed by atoms with E-state index in [2.05, 4.69) is 10.2 Å². The normalized spacial score (nSPS) is 19.9. The summed E-state index contributed by atoms with van der Waals surface area (Å²) in [5.74, 6) is 0.0269. The summed E-state index contributed by atoms with van der Waals surface area (Å²) in [5.41, 5.74) is 2.94. The summed E-state index contributed by atoms with van der Waals surface area (Å²) in [6.45, 7) is 2.36. The van der Waals surface area contributed by atoms with Crippen LogP contribution in [0.1, 0.15) is 5.56 Å². The van der Waals surface area contributed by atoms with Gasteiger partial charge in [-0.25, -0.2) is 8.42 Å². The van der Waals surface area contributed by atoms with E-state index in [-0.39, 0.29) is 5.91 Å². The monoisotopic (exact) mass is 295 g/mol. The zero-order valence-electron chi connectivity index (χ0n) is 11.3. The first-order valence-corrected chi connectivity index (χ1v) is 8.41. The van der Waals surface area contributed by atoms with Crippen molar-refractivity contribution in [2.75, 3.05) is 42.7 Å². The van der Waals surface area contributed by atoms with Gasteiger partial charge in [0.25, 0.3) is 0 Å². The van der Waals surface area contributed by atoms with Crippen molar-refractivity contribution < 1.29 is 13.2 Å². The molecule has 20 heavy (non-hydrogen) atoms. The fraction of sp³-hybridized carbons (Fsp3) is 0.462. The molecule has 1 aromatic rings. The molecule has 3 rings (SSSR count). The van der Waals surface area contributed by atoms with Crippen molar-refractivity contribution in [3.05, 3.63) is 23.8 Å². The van der Waals surface area contributed by atoms with Crippen LogP contribution in [-0.2, 0) is 21.2 Å². The number of carbonyl (C=O) groups excluding carboxylic acids is 1. The Kier molecular flexibility index (Phi) is 3.18. The summed E-state index contributed by atoms with van der Waals surface area (Å²) in [5, 5.41) is 2.81. The van der Waals surface area contributed by atoms with E-state index in [1.807, 2.05) is 18.2 Å². The number of fused-ring (bicyclic) bond motifs is 1. The van der Waals surface area contributed by atoms with Crippen LogP contribution in [-0.4, -0.2) is 51.1 Å². The molecule has 0 unspecified atom stereocenters. The molecule has 1 saturated heterocycles. The van der Waals surface area contributed by atoms with Crippen LogP contribution in [0.3, 0.4) is 0 Å². The largest absolute Gasteiger partial charge is 0.369 e. The minimum atomic E-state index is -3.10. The van der Waals surface area contributed by atoms with E-state index >= 15 is 0 Å². The third kappa shape index (κ3) is 2.51. The van der Waals surface area contributed by atoms with Gasteiger partial charge in [0.15, 0.2) is 0 Å². The number of hydrogen-bond acceptors (Lipinski definition) is 4. The molecule has 1 fully saturated rings. The van der Waals surface area contributed by atoms with Gasteiger partial charge in [-0.1, -0.05) is 0 Å². The topological polar surface area (TPSA) is 69.7 Å². The predicted octanol–water partition coefficient (Wildman–Crippen LogP) is 0.263. The molecule has 0 spiro atoms. The zero-order chi connectivity index (χ0) is 14.3. The van der Waals surface area contributed by atoms with Crippen molar-refractivity contribution in [1.29, 1.82) is 0 Å². The van der Waals surface area contributed by atoms with Crippen molar-refractivity contribution in [2.24, 2.45) is 0 Å². The van der Waals surface area contributed by atoms with E-state index in [1.165, 1.54) is 10.6 Å². The average molecular weight is 295 g/mol. The first-order chi connectivity index (χ1) is 9.43. The fourth-order valence-corrected chi connectivity index (χ4v) is 3.52. The highest BCUT2D eigenvalue weighted by atomic mass is 32.2. The molecule has 0 saturated carbocycles. The molecule has 2 aliphatic rings. The molecule has 0 bridgehead atoms. The lowest BCUT2D eigenvalue weighted by molar-refractivity contribution is -0.115. The van der Waals surface area contributed by atoms with E-state index in [0.717, 1.165) is 16.9 Å². The highest BCUT2D eigenvalue weighted by Crippen LogP contribution is 2.28. The van der Waals surface area contributed by atoms with Gasteiger partial charge in [-0.15, -0.1) is 0 Å². The van der Waals surface area contributed by atoms with E-state index < -0.39 is 10.0 Å². The first kappa shape index (κ1) is 13.4. The van der Waals surface area contributed by atoms with Crippen molar-refractivity contribution in [2.45, 2.75) is 6.42 Å². The van der Waals surface area contributed by atoms with Gasteiger partial charge in [0, 0.05) is 37.6 Å². The Labute approximate surface area is 118 Å². The molecule has 2 aliphatic heterocycles. The number of sulfonamides is 1. The van der Waals surface area contributed by atoms with Gasteiger partial charge in [0.1, 0.15) is 0 Å². The van der Waals surface area contributed by atoms with Gasteiger partial charge < -0.3 is 10.2 Å². The molecule has 1 N–H and O–H groups in total. The van der Waals surface area contributed by atoms with Gasteiger partial charge >= 0.3 is 0 Å². The van der Waals surface area contributed by atoms with E-state index in [9.17, 15) is 13.2 Å². The third-order valence-electron chi connectivity index (χ3n) is 3.79. The van der Waals surface area contributed by atoms with Crippen molar-refractivity contribution in [1.82, 2.24) is 4.31 Å². The van der Waals surface area contributed by atoms with Crippen LogP contribution in [0.2, 0.25) is 0 Å². The lowest BCUT2D eigenvalue weighted by atomic mass is 10.1. The quantitative estimate of drug-likeness (QED) is 0.850. The molecule has 0 aromatic heterocycles. The van der Waals surface area contributed by atoms with Crippen molar-refractivity contribution in [3.8, 4) is 0 Å². The maximum atomic E-state index is 11.5. The second kappa shape index (κ2) is 4.75. The molecule has 2 heterocycles. The Balaban J connectivity index is 1.73. The maximum Gasteiger partial charge on any atom is 0.228 e. The van der Waals surface area contributed by atoms with Gasteiger partial charge in [-0.2, -0.15) is 4.31 Å². The number of nitrogens with one attached hydrogen (secondary N) is 1. The molecular weight excluding hydrogens is 278 g/mol. The number of piperazine rings is 1. The highest BCUT2D eigenvalue weighted by molar-refractivity contribution is 7.88. The second-order valence-corrected chi connectivity index (χ2v) is 7.20. The predicted molar refractivity (Wildman–Crippen MR) is 77.4 cm³/mol. The van der Waals surface area contributed by atoms with Gasteiger partial charge in [-0.3, -0.25) is 4.79 Å². The summed E-state index contributed by atoms with van der Waals surface area (Å²) < 4.78 is 24.5. The third-order valence-corrected chi connectivity index (χ3v) is 5.09. The number of rotatable bonds is 2. The molecule has 0 aliphatic carbocycles. The Morgan fingerprint density at radius 3 is 2.50 bits per heavy atom. The standard InChI is InChI=1S/C13H17N3O3S/c1-20(18,19)16-6-4-15(5-7-16)11-2-3-12-10(8-11)9-13(17)14-12/h2-3,8H,4-7,9H2,1H3,(H,14,17). The van der Waals surface area contributed by atoms with Crippen LogP contribution in [0.4, 0.5) is 11.4 Å². The van der Waals surface area contributed by atoms with Gasteiger partial charge in [0.05, 0.1) is 12.7 Å². The van der Waals surface area contributed by atoms with Crippen molar-refractivity contribution in [3.63, 3.8) is 0 Å². The van der Waals surface area contributed by atoms with E-state index in [4.69, 9.17) is 0 Å². The molecule has 0 radical (unpaired) electrons. The smallest absolute Gasteiger partial charge is 0.228 e. The molecule has 0 atom stereocenters. The zero-order valence-corrected chi connectivity index (χ0v) is 12.1. The minimum Gasteiger partial charge on any atom is -0.369 e. The molecule has 108 valence electrons. The SMILES string of the molecule is CS(=O)(=O)N1CCN(c2ccc3c(c2)CC(=O)N3)CC1. The van der Waals surface area contributed by atoms with Crippen molar-refractivity contribution >= 4 is 27.3 Å². The summed E-state index contributed by atoms with van der Waals surface area (Å²) in [6, 6.07) is 5.91. The molecule has 1 aromatic carbocycles. The summed E-state index contributed by atoms with van der Waals surface area (Å²) in [6.07, 6.45) is 1.67. The Morgan fingerprint density at radius 1 is 1.15 bits per heavy atom. The first-order valence-electron chi connectivity index (χ1n) is 6.56. The summed E-state index contributed by atoms with van der Waals surface area (Å²) in [7, 11) is -3.10. The molecule has 1 amide bonds. The van der Waals surface area contributed by atoms with Crippen LogP contribution in [0.25, 0.3) is 0 Å².